The molecule has 2 rings (SSSR count). The molecule has 0 saturated carbocycles. The summed E-state index contributed by atoms with van der Waals surface area (Å²) < 4.78 is 0. The lowest BCUT2D eigenvalue weighted by atomic mass is 9.98. The zero-order valence-corrected chi connectivity index (χ0v) is 11.2. The molecule has 1 atom stereocenters. The van der Waals surface area contributed by atoms with Gasteiger partial charge in [0.05, 0.1) is 5.60 Å². The Morgan fingerprint density at radius 1 is 1.44 bits per heavy atom. The van der Waals surface area contributed by atoms with Crippen LogP contribution >= 0.6 is 0 Å². The van der Waals surface area contributed by atoms with E-state index in [-0.39, 0.29) is 0 Å². The van der Waals surface area contributed by atoms with Crippen molar-refractivity contribution in [2.75, 3.05) is 18.0 Å². The Morgan fingerprint density at radius 3 is 2.94 bits per heavy atom. The lowest BCUT2D eigenvalue weighted by molar-refractivity contribution is 0.0481. The highest BCUT2D eigenvalue weighted by atomic mass is 16.3. The number of aromatic nitrogens is 2. The average Bonchev–Trinajstić information content (AvgIpc) is 2.50. The van der Waals surface area contributed by atoms with E-state index in [2.05, 4.69) is 14.9 Å². The molecule has 3 N–H and O–H groups in total. The molecular weight excluding hydrogens is 228 g/mol. The first-order valence-electron chi connectivity index (χ1n) is 6.52. The smallest absolute Gasteiger partial charge is 0.136 e. The largest absolute Gasteiger partial charge is 0.390 e. The van der Waals surface area contributed by atoms with Gasteiger partial charge < -0.3 is 15.7 Å². The van der Waals surface area contributed by atoms with E-state index in [4.69, 9.17) is 5.73 Å². The molecule has 1 aromatic rings. The minimum absolute atomic E-state index is 0.447. The van der Waals surface area contributed by atoms with Crippen LogP contribution in [0.2, 0.25) is 0 Å². The lowest BCUT2D eigenvalue weighted by Crippen LogP contribution is -2.30. The highest BCUT2D eigenvalue weighted by Crippen LogP contribution is 2.25. The van der Waals surface area contributed by atoms with Gasteiger partial charge in [-0.15, -0.1) is 0 Å². The summed E-state index contributed by atoms with van der Waals surface area (Å²) in [5.74, 6) is 1.70. The molecule has 0 radical (unpaired) electrons. The molecule has 1 aliphatic rings. The van der Waals surface area contributed by atoms with Gasteiger partial charge in [-0.05, 0) is 33.1 Å². The lowest BCUT2D eigenvalue weighted by Gasteiger charge is -2.25. The Kier molecular flexibility index (Phi) is 3.82. The van der Waals surface area contributed by atoms with Gasteiger partial charge in [-0.25, -0.2) is 9.97 Å². The van der Waals surface area contributed by atoms with E-state index in [1.165, 1.54) is 0 Å². The molecule has 100 valence electrons. The van der Waals surface area contributed by atoms with E-state index in [0.717, 1.165) is 49.6 Å². The van der Waals surface area contributed by atoms with E-state index in [9.17, 15) is 5.11 Å². The average molecular weight is 250 g/mol. The second-order valence-corrected chi connectivity index (χ2v) is 5.31. The van der Waals surface area contributed by atoms with Crippen LogP contribution < -0.4 is 10.6 Å². The summed E-state index contributed by atoms with van der Waals surface area (Å²) in [5, 5.41) is 10.1. The topological polar surface area (TPSA) is 75.3 Å². The normalized spacial score (nSPS) is 25.0. The van der Waals surface area contributed by atoms with Crippen LogP contribution in [0.5, 0.6) is 0 Å². The second-order valence-electron chi connectivity index (χ2n) is 5.31. The van der Waals surface area contributed by atoms with Gasteiger partial charge in [0.25, 0.3) is 0 Å². The van der Waals surface area contributed by atoms with Crippen LogP contribution in [0.25, 0.3) is 0 Å². The number of aryl methyl sites for hydroxylation is 1. The standard InChI is InChI=1S/C13H22N4O/c1-10-15-9-11(8-14)12(16-10)17-6-3-4-13(2,18)5-7-17/h9,18H,3-8,14H2,1-2H3. The van der Waals surface area contributed by atoms with Crippen LogP contribution in [-0.2, 0) is 6.54 Å². The quantitative estimate of drug-likeness (QED) is 0.818. The summed E-state index contributed by atoms with van der Waals surface area (Å²) >= 11 is 0. The first-order chi connectivity index (χ1) is 8.52. The van der Waals surface area contributed by atoms with Crippen molar-refractivity contribution in [3.8, 4) is 0 Å². The first kappa shape index (κ1) is 13.2. The zero-order valence-electron chi connectivity index (χ0n) is 11.2. The predicted molar refractivity (Wildman–Crippen MR) is 71.3 cm³/mol. The third-order valence-electron chi connectivity index (χ3n) is 3.55. The molecule has 5 nitrogen and oxygen atoms in total. The van der Waals surface area contributed by atoms with Crippen molar-refractivity contribution in [3.63, 3.8) is 0 Å². The maximum atomic E-state index is 10.1. The molecule has 1 aromatic heterocycles. The third kappa shape index (κ3) is 2.97. The van der Waals surface area contributed by atoms with Gasteiger partial charge in [0.15, 0.2) is 0 Å². The molecule has 1 unspecified atom stereocenters. The molecule has 0 amide bonds. The van der Waals surface area contributed by atoms with Crippen LogP contribution in [0.4, 0.5) is 5.82 Å². The van der Waals surface area contributed by atoms with Crippen molar-refractivity contribution in [2.24, 2.45) is 5.73 Å². The molecular formula is C13H22N4O. The maximum Gasteiger partial charge on any atom is 0.136 e. The van der Waals surface area contributed by atoms with E-state index in [0.29, 0.717) is 6.54 Å². The molecule has 1 fully saturated rings. The van der Waals surface area contributed by atoms with Crippen molar-refractivity contribution in [1.82, 2.24) is 9.97 Å². The van der Waals surface area contributed by atoms with E-state index in [1.54, 1.807) is 6.20 Å². The van der Waals surface area contributed by atoms with Gasteiger partial charge in [-0.1, -0.05) is 0 Å². The molecule has 1 saturated heterocycles. The number of hydrogen-bond acceptors (Lipinski definition) is 5. The summed E-state index contributed by atoms with van der Waals surface area (Å²) in [6.45, 7) is 5.97. The molecule has 0 bridgehead atoms. The first-order valence-corrected chi connectivity index (χ1v) is 6.52. The van der Waals surface area contributed by atoms with Gasteiger partial charge in [0, 0.05) is 31.4 Å². The van der Waals surface area contributed by atoms with Crippen molar-refractivity contribution in [2.45, 2.75) is 45.3 Å². The number of anilines is 1. The Hall–Kier alpha value is -1.20. The van der Waals surface area contributed by atoms with E-state index < -0.39 is 5.60 Å². The Bertz CT molecular complexity index is 419. The fourth-order valence-electron chi connectivity index (χ4n) is 2.38. The highest BCUT2D eigenvalue weighted by Gasteiger charge is 2.26. The van der Waals surface area contributed by atoms with Crippen molar-refractivity contribution in [1.29, 1.82) is 0 Å². The number of aliphatic hydroxyl groups is 1. The predicted octanol–water partition coefficient (Wildman–Crippen LogP) is 0.985. The third-order valence-corrected chi connectivity index (χ3v) is 3.55. The molecule has 1 aliphatic heterocycles. The van der Waals surface area contributed by atoms with Crippen molar-refractivity contribution < 1.29 is 5.11 Å². The molecule has 2 heterocycles. The zero-order chi connectivity index (χ0) is 13.2. The molecule has 0 aliphatic carbocycles. The molecule has 0 aromatic carbocycles. The van der Waals surface area contributed by atoms with Gasteiger partial charge in [0.2, 0.25) is 0 Å². The summed E-state index contributed by atoms with van der Waals surface area (Å²) in [5.41, 5.74) is 6.16. The highest BCUT2D eigenvalue weighted by molar-refractivity contribution is 5.46. The van der Waals surface area contributed by atoms with Gasteiger partial charge in [0.1, 0.15) is 11.6 Å². The van der Waals surface area contributed by atoms with Crippen LogP contribution in [0.1, 0.15) is 37.6 Å². The number of nitrogens with zero attached hydrogens (tertiary/aromatic N) is 3. The fraction of sp³-hybridized carbons (Fsp3) is 0.692. The summed E-state index contributed by atoms with van der Waals surface area (Å²) in [4.78, 5) is 10.9. The second kappa shape index (κ2) is 5.20. The van der Waals surface area contributed by atoms with Gasteiger partial charge in [-0.2, -0.15) is 0 Å². The number of nitrogens with two attached hydrogens (primary N) is 1. The van der Waals surface area contributed by atoms with Gasteiger partial charge >= 0.3 is 0 Å². The van der Waals surface area contributed by atoms with Crippen LogP contribution in [0.3, 0.4) is 0 Å². The summed E-state index contributed by atoms with van der Waals surface area (Å²) in [7, 11) is 0. The number of rotatable bonds is 2. The van der Waals surface area contributed by atoms with Gasteiger partial charge in [-0.3, -0.25) is 0 Å². The Morgan fingerprint density at radius 2 is 2.22 bits per heavy atom. The fourth-order valence-corrected chi connectivity index (χ4v) is 2.38. The summed E-state index contributed by atoms with van der Waals surface area (Å²) in [6.07, 6.45) is 4.38. The Balaban J connectivity index is 2.23. The Labute approximate surface area is 108 Å². The SMILES string of the molecule is Cc1ncc(CN)c(N2CCCC(C)(O)CC2)n1. The molecule has 0 spiro atoms. The van der Waals surface area contributed by atoms with E-state index in [1.807, 2.05) is 13.8 Å². The minimum Gasteiger partial charge on any atom is -0.390 e. The maximum absolute atomic E-state index is 10.1. The minimum atomic E-state index is -0.556. The van der Waals surface area contributed by atoms with Crippen LogP contribution in [0.15, 0.2) is 6.20 Å². The number of hydrogen-bond donors (Lipinski definition) is 2. The summed E-state index contributed by atoms with van der Waals surface area (Å²) in [6, 6.07) is 0. The van der Waals surface area contributed by atoms with E-state index >= 15 is 0 Å². The molecule has 18 heavy (non-hydrogen) atoms. The van der Waals surface area contributed by atoms with Crippen LogP contribution in [0, 0.1) is 6.92 Å². The molecule has 5 heteroatoms. The van der Waals surface area contributed by atoms with Crippen molar-refractivity contribution in [3.05, 3.63) is 17.6 Å². The monoisotopic (exact) mass is 250 g/mol. The van der Waals surface area contributed by atoms with Crippen LogP contribution in [-0.4, -0.2) is 33.8 Å². The van der Waals surface area contributed by atoms with Crippen molar-refractivity contribution >= 4 is 5.82 Å².